The average molecular weight is 396 g/mol. The fraction of sp³-hybridized carbons (Fsp3) is 0.125. The van der Waals surface area contributed by atoms with Crippen molar-refractivity contribution in [3.8, 4) is 28.4 Å². The minimum absolute atomic E-state index is 0.711. The Balaban J connectivity index is 1.80. The summed E-state index contributed by atoms with van der Waals surface area (Å²) < 4.78 is 13.0. The molecule has 5 aromatic rings. The van der Waals surface area contributed by atoms with Crippen molar-refractivity contribution in [2.24, 2.45) is 0 Å². The lowest BCUT2D eigenvalue weighted by molar-refractivity contribution is 0.397. The molecule has 6 nitrogen and oxygen atoms in total. The summed E-state index contributed by atoms with van der Waals surface area (Å²) in [6.07, 6.45) is 1.84. The quantitative estimate of drug-likeness (QED) is 0.430. The van der Waals surface area contributed by atoms with Crippen molar-refractivity contribution >= 4 is 21.9 Å². The summed E-state index contributed by atoms with van der Waals surface area (Å²) in [7, 11) is 3.30. The summed E-state index contributed by atoms with van der Waals surface area (Å²) in [4.78, 5) is 9.69. The van der Waals surface area contributed by atoms with E-state index in [-0.39, 0.29) is 0 Å². The fourth-order valence-electron chi connectivity index (χ4n) is 3.81. The van der Waals surface area contributed by atoms with Crippen molar-refractivity contribution in [3.05, 3.63) is 72.6 Å². The minimum atomic E-state index is 0.711. The number of pyridine rings is 2. The molecule has 0 saturated carbocycles. The zero-order chi connectivity index (χ0) is 20.7. The second-order valence-corrected chi connectivity index (χ2v) is 6.96. The van der Waals surface area contributed by atoms with E-state index in [4.69, 9.17) is 19.6 Å². The van der Waals surface area contributed by atoms with Crippen LogP contribution in [0.5, 0.6) is 11.5 Å². The van der Waals surface area contributed by atoms with Crippen LogP contribution in [0.1, 0.15) is 5.69 Å². The van der Waals surface area contributed by atoms with E-state index >= 15 is 0 Å². The molecule has 6 heteroatoms. The number of fused-ring (bicyclic) bond motifs is 3. The van der Waals surface area contributed by atoms with Crippen LogP contribution in [0.15, 0.2) is 66.9 Å². The SMILES string of the molecule is COc1cccc(OC)c1-c1ccc2cnc3c(c(C)nn3-c3ccccc3)c2n1. The van der Waals surface area contributed by atoms with Crippen molar-refractivity contribution in [1.29, 1.82) is 0 Å². The van der Waals surface area contributed by atoms with Crippen LogP contribution < -0.4 is 9.47 Å². The first-order valence-corrected chi connectivity index (χ1v) is 9.63. The highest BCUT2D eigenvalue weighted by atomic mass is 16.5. The molecule has 0 bridgehead atoms. The Bertz CT molecular complexity index is 1350. The summed E-state index contributed by atoms with van der Waals surface area (Å²) >= 11 is 0. The van der Waals surface area contributed by atoms with E-state index in [2.05, 4.69) is 4.98 Å². The number of hydrogen-bond acceptors (Lipinski definition) is 5. The third-order valence-electron chi connectivity index (χ3n) is 5.21. The van der Waals surface area contributed by atoms with Crippen LogP contribution in [0.25, 0.3) is 38.9 Å². The highest BCUT2D eigenvalue weighted by molar-refractivity contribution is 6.04. The van der Waals surface area contributed by atoms with E-state index in [9.17, 15) is 0 Å². The molecule has 0 N–H and O–H groups in total. The van der Waals surface area contributed by atoms with Crippen molar-refractivity contribution < 1.29 is 9.47 Å². The normalized spacial score (nSPS) is 11.2. The topological polar surface area (TPSA) is 62.1 Å². The Morgan fingerprint density at radius 1 is 0.833 bits per heavy atom. The summed E-state index contributed by atoms with van der Waals surface area (Å²) in [5, 5.41) is 6.64. The predicted octanol–water partition coefficient (Wildman–Crippen LogP) is 4.96. The number of aryl methyl sites for hydroxylation is 1. The lowest BCUT2D eigenvalue weighted by Crippen LogP contribution is -1.98. The Morgan fingerprint density at radius 3 is 2.27 bits per heavy atom. The predicted molar refractivity (Wildman–Crippen MR) is 117 cm³/mol. The molecule has 0 aliphatic heterocycles. The number of ether oxygens (including phenoxy) is 2. The molecule has 0 aliphatic rings. The number of hydrogen-bond donors (Lipinski definition) is 0. The van der Waals surface area contributed by atoms with Gasteiger partial charge < -0.3 is 9.47 Å². The fourth-order valence-corrected chi connectivity index (χ4v) is 3.81. The van der Waals surface area contributed by atoms with Gasteiger partial charge in [-0.25, -0.2) is 14.6 Å². The van der Waals surface area contributed by atoms with Crippen LogP contribution in [0, 0.1) is 6.92 Å². The van der Waals surface area contributed by atoms with Crippen molar-refractivity contribution in [1.82, 2.24) is 19.7 Å². The van der Waals surface area contributed by atoms with E-state index in [1.807, 2.05) is 78.5 Å². The molecular formula is C24H20N4O2. The van der Waals surface area contributed by atoms with E-state index in [1.165, 1.54) is 0 Å². The maximum Gasteiger partial charge on any atom is 0.165 e. The highest BCUT2D eigenvalue weighted by Gasteiger charge is 2.18. The van der Waals surface area contributed by atoms with Gasteiger partial charge in [-0.1, -0.05) is 24.3 Å². The molecule has 5 rings (SSSR count). The molecule has 3 heterocycles. The second kappa shape index (κ2) is 7.15. The van der Waals surface area contributed by atoms with Gasteiger partial charge in [0.05, 0.1) is 47.8 Å². The Labute approximate surface area is 173 Å². The van der Waals surface area contributed by atoms with Gasteiger partial charge in [-0.3, -0.25) is 0 Å². The smallest absolute Gasteiger partial charge is 0.165 e. The first-order chi connectivity index (χ1) is 14.7. The lowest BCUT2D eigenvalue weighted by atomic mass is 10.1. The molecule has 0 unspecified atom stereocenters. The summed E-state index contributed by atoms with van der Waals surface area (Å²) in [6, 6.07) is 19.7. The van der Waals surface area contributed by atoms with Crippen LogP contribution in [0.3, 0.4) is 0 Å². The Kier molecular flexibility index (Phi) is 4.32. The molecule has 0 radical (unpaired) electrons. The van der Waals surface area contributed by atoms with Gasteiger partial charge >= 0.3 is 0 Å². The minimum Gasteiger partial charge on any atom is -0.496 e. The number of aromatic nitrogens is 4. The van der Waals surface area contributed by atoms with Crippen LogP contribution in [-0.4, -0.2) is 34.0 Å². The first kappa shape index (κ1) is 18.1. The maximum atomic E-state index is 5.58. The molecule has 3 aromatic heterocycles. The van der Waals surface area contributed by atoms with Gasteiger partial charge in [-0.05, 0) is 43.3 Å². The molecular weight excluding hydrogens is 376 g/mol. The van der Waals surface area contributed by atoms with Gasteiger partial charge in [0.2, 0.25) is 0 Å². The highest BCUT2D eigenvalue weighted by Crippen LogP contribution is 2.38. The zero-order valence-electron chi connectivity index (χ0n) is 17.0. The molecule has 0 atom stereocenters. The third kappa shape index (κ3) is 2.76. The number of methoxy groups -OCH3 is 2. The van der Waals surface area contributed by atoms with Gasteiger partial charge in [0.15, 0.2) is 5.65 Å². The van der Waals surface area contributed by atoms with Gasteiger partial charge in [0.25, 0.3) is 0 Å². The monoisotopic (exact) mass is 396 g/mol. The van der Waals surface area contributed by atoms with E-state index in [0.29, 0.717) is 11.5 Å². The number of benzene rings is 2. The molecule has 0 saturated heterocycles. The molecule has 0 fully saturated rings. The van der Waals surface area contributed by atoms with Crippen LogP contribution in [-0.2, 0) is 0 Å². The molecule has 30 heavy (non-hydrogen) atoms. The number of rotatable bonds is 4. The molecule has 0 amide bonds. The largest absolute Gasteiger partial charge is 0.496 e. The molecule has 148 valence electrons. The summed E-state index contributed by atoms with van der Waals surface area (Å²) in [6.45, 7) is 1.99. The maximum absolute atomic E-state index is 5.58. The zero-order valence-corrected chi connectivity index (χ0v) is 17.0. The second-order valence-electron chi connectivity index (χ2n) is 6.96. The van der Waals surface area contributed by atoms with Crippen LogP contribution in [0.4, 0.5) is 0 Å². The number of para-hydroxylation sites is 1. The van der Waals surface area contributed by atoms with Gasteiger partial charge in [0, 0.05) is 11.6 Å². The summed E-state index contributed by atoms with van der Waals surface area (Å²) in [5.41, 5.74) is 5.07. The average Bonchev–Trinajstić information content (AvgIpc) is 3.15. The summed E-state index contributed by atoms with van der Waals surface area (Å²) in [5.74, 6) is 1.42. The Morgan fingerprint density at radius 2 is 1.57 bits per heavy atom. The standard InChI is InChI=1S/C24H20N4O2/c1-15-21-23-16(14-25-24(21)28(27-15)17-8-5-4-6-9-17)12-13-18(26-23)22-19(29-2)10-7-11-20(22)30-3/h4-14H,1-3H3. The van der Waals surface area contributed by atoms with E-state index in [1.54, 1.807) is 14.2 Å². The van der Waals surface area contributed by atoms with Crippen LogP contribution >= 0.6 is 0 Å². The van der Waals surface area contributed by atoms with Gasteiger partial charge in [-0.2, -0.15) is 5.10 Å². The van der Waals surface area contributed by atoms with E-state index < -0.39 is 0 Å². The van der Waals surface area contributed by atoms with Gasteiger partial charge in [0.1, 0.15) is 11.5 Å². The molecule has 0 aliphatic carbocycles. The lowest BCUT2D eigenvalue weighted by Gasteiger charge is -2.13. The van der Waals surface area contributed by atoms with Crippen molar-refractivity contribution in [3.63, 3.8) is 0 Å². The third-order valence-corrected chi connectivity index (χ3v) is 5.21. The molecule has 2 aromatic carbocycles. The Hall–Kier alpha value is -3.93. The van der Waals surface area contributed by atoms with Crippen LogP contribution in [0.2, 0.25) is 0 Å². The van der Waals surface area contributed by atoms with Crippen molar-refractivity contribution in [2.75, 3.05) is 14.2 Å². The van der Waals surface area contributed by atoms with E-state index in [0.717, 1.165) is 44.6 Å². The number of nitrogens with zero attached hydrogens (tertiary/aromatic N) is 4. The first-order valence-electron chi connectivity index (χ1n) is 9.63. The van der Waals surface area contributed by atoms with Crippen molar-refractivity contribution in [2.45, 2.75) is 6.92 Å². The van der Waals surface area contributed by atoms with Gasteiger partial charge in [-0.15, -0.1) is 0 Å². The molecule has 0 spiro atoms.